The van der Waals surface area contributed by atoms with Crippen LogP contribution >= 0.6 is 11.6 Å². The zero-order chi connectivity index (χ0) is 10.0. The van der Waals surface area contributed by atoms with Gasteiger partial charge in [0.15, 0.2) is 0 Å². The van der Waals surface area contributed by atoms with Crippen molar-refractivity contribution in [1.29, 1.82) is 0 Å². The average molecular weight is 224 g/mol. The van der Waals surface area contributed by atoms with Crippen molar-refractivity contribution in [2.45, 2.75) is 6.10 Å². The van der Waals surface area contributed by atoms with E-state index in [-0.39, 0.29) is 40.8 Å². The standard InChI is InChI=1S/C8H8ClNO3.Na/c9-4-1-2-6(10)5(3-4)7(11)8(12)13;/h1-3,7,11H,10H2,(H,12,13);/q;+1/p-1. The molecular formula is C8H7ClNNaO3. The summed E-state index contributed by atoms with van der Waals surface area (Å²) in [7, 11) is 0. The number of nitrogens with two attached hydrogens (primary N) is 1. The van der Waals surface area contributed by atoms with Gasteiger partial charge in [-0.3, -0.25) is 0 Å². The van der Waals surface area contributed by atoms with E-state index in [1.807, 2.05) is 0 Å². The van der Waals surface area contributed by atoms with Gasteiger partial charge in [-0.05, 0) is 18.2 Å². The van der Waals surface area contributed by atoms with Gasteiger partial charge >= 0.3 is 29.6 Å². The zero-order valence-corrected chi connectivity index (χ0v) is 10.3. The maximum atomic E-state index is 10.3. The summed E-state index contributed by atoms with van der Waals surface area (Å²) in [5.41, 5.74) is 5.63. The molecule has 0 heterocycles. The summed E-state index contributed by atoms with van der Waals surface area (Å²) in [6.07, 6.45) is -1.74. The number of carbonyl (C=O) groups is 1. The smallest absolute Gasteiger partial charge is 0.547 e. The zero-order valence-electron chi connectivity index (χ0n) is 7.53. The second kappa shape index (κ2) is 5.58. The van der Waals surface area contributed by atoms with E-state index < -0.39 is 12.1 Å². The minimum atomic E-state index is -1.74. The number of hydrogen-bond donors (Lipinski definition) is 2. The van der Waals surface area contributed by atoms with Gasteiger partial charge in [0, 0.05) is 16.3 Å². The SMILES string of the molecule is Nc1ccc(Cl)cc1C(O)C(=O)[O-].[Na+]. The molecule has 1 aromatic rings. The Morgan fingerprint density at radius 1 is 1.57 bits per heavy atom. The number of rotatable bonds is 2. The van der Waals surface area contributed by atoms with Crippen molar-refractivity contribution in [3.63, 3.8) is 0 Å². The molecule has 1 atom stereocenters. The van der Waals surface area contributed by atoms with Gasteiger partial charge in [0.25, 0.3) is 0 Å². The fraction of sp³-hybridized carbons (Fsp3) is 0.125. The van der Waals surface area contributed by atoms with Crippen LogP contribution in [0.2, 0.25) is 5.02 Å². The predicted octanol–water partition coefficient (Wildman–Crippen LogP) is -3.29. The van der Waals surface area contributed by atoms with E-state index in [1.165, 1.54) is 18.2 Å². The molecular weight excluding hydrogens is 217 g/mol. The van der Waals surface area contributed by atoms with Gasteiger partial charge in [0.1, 0.15) is 6.10 Å². The van der Waals surface area contributed by atoms with Crippen molar-refractivity contribution in [2.75, 3.05) is 5.73 Å². The summed E-state index contributed by atoms with van der Waals surface area (Å²) in [5, 5.41) is 19.7. The summed E-state index contributed by atoms with van der Waals surface area (Å²) in [5.74, 6) is -1.60. The molecule has 6 heteroatoms. The molecule has 1 aromatic carbocycles. The first-order valence-electron chi connectivity index (χ1n) is 3.46. The number of carboxylic acids is 1. The Morgan fingerprint density at radius 2 is 2.14 bits per heavy atom. The van der Waals surface area contributed by atoms with E-state index in [9.17, 15) is 9.90 Å². The molecule has 3 N–H and O–H groups in total. The van der Waals surface area contributed by atoms with Gasteiger partial charge in [-0.2, -0.15) is 0 Å². The van der Waals surface area contributed by atoms with Crippen molar-refractivity contribution < 1.29 is 44.6 Å². The Kier molecular flexibility index (Phi) is 5.48. The number of anilines is 1. The molecule has 0 fully saturated rings. The summed E-state index contributed by atoms with van der Waals surface area (Å²) in [6, 6.07) is 4.21. The maximum absolute atomic E-state index is 10.3. The third-order valence-corrected chi connectivity index (χ3v) is 1.80. The summed E-state index contributed by atoms with van der Waals surface area (Å²) in [4.78, 5) is 10.3. The maximum Gasteiger partial charge on any atom is 1.00 e. The van der Waals surface area contributed by atoms with Crippen molar-refractivity contribution in [3.05, 3.63) is 28.8 Å². The van der Waals surface area contributed by atoms with Crippen LogP contribution in [0.4, 0.5) is 5.69 Å². The first-order chi connectivity index (χ1) is 6.02. The Labute approximate surface area is 108 Å². The number of halogens is 1. The van der Waals surface area contributed by atoms with Crippen LogP contribution in [0.25, 0.3) is 0 Å². The largest absolute Gasteiger partial charge is 1.00 e. The third kappa shape index (κ3) is 3.15. The van der Waals surface area contributed by atoms with E-state index in [0.717, 1.165) is 0 Å². The van der Waals surface area contributed by atoms with Crippen LogP contribution in [0.1, 0.15) is 11.7 Å². The fourth-order valence-electron chi connectivity index (χ4n) is 0.909. The molecule has 0 spiro atoms. The van der Waals surface area contributed by atoms with Crippen LogP contribution < -0.4 is 40.4 Å². The van der Waals surface area contributed by atoms with Gasteiger partial charge in [-0.15, -0.1) is 0 Å². The third-order valence-electron chi connectivity index (χ3n) is 1.57. The molecule has 14 heavy (non-hydrogen) atoms. The molecule has 0 aliphatic carbocycles. The number of nitrogen functional groups attached to an aromatic ring is 1. The van der Waals surface area contributed by atoms with Crippen molar-refractivity contribution in [1.82, 2.24) is 0 Å². The van der Waals surface area contributed by atoms with Crippen LogP contribution in [-0.4, -0.2) is 11.1 Å². The predicted molar refractivity (Wildman–Crippen MR) is 45.8 cm³/mol. The van der Waals surface area contributed by atoms with Gasteiger partial charge < -0.3 is 20.7 Å². The van der Waals surface area contributed by atoms with Crippen molar-refractivity contribution in [3.8, 4) is 0 Å². The topological polar surface area (TPSA) is 86.4 Å². The number of carbonyl (C=O) groups excluding carboxylic acids is 1. The van der Waals surface area contributed by atoms with E-state index in [0.29, 0.717) is 5.02 Å². The molecule has 70 valence electrons. The molecule has 1 unspecified atom stereocenters. The molecule has 0 amide bonds. The Hall–Kier alpha value is -0.260. The summed E-state index contributed by atoms with van der Waals surface area (Å²) < 4.78 is 0. The Morgan fingerprint density at radius 3 is 2.64 bits per heavy atom. The molecule has 0 bridgehead atoms. The van der Waals surface area contributed by atoms with Crippen molar-refractivity contribution in [2.24, 2.45) is 0 Å². The number of benzene rings is 1. The van der Waals surface area contributed by atoms with Gasteiger partial charge in [-0.25, -0.2) is 0 Å². The fourth-order valence-corrected chi connectivity index (χ4v) is 1.09. The van der Waals surface area contributed by atoms with Crippen LogP contribution in [0.5, 0.6) is 0 Å². The van der Waals surface area contributed by atoms with E-state index in [1.54, 1.807) is 0 Å². The first-order valence-corrected chi connectivity index (χ1v) is 3.84. The molecule has 0 radical (unpaired) electrons. The van der Waals surface area contributed by atoms with E-state index in [4.69, 9.17) is 22.4 Å². The number of aliphatic carboxylic acids is 1. The average Bonchev–Trinajstić information content (AvgIpc) is 2.08. The minimum Gasteiger partial charge on any atom is -0.547 e. The van der Waals surface area contributed by atoms with Crippen LogP contribution in [0.3, 0.4) is 0 Å². The normalized spacial score (nSPS) is 11.6. The molecule has 1 rings (SSSR count). The van der Waals surface area contributed by atoms with Gasteiger partial charge in [-0.1, -0.05) is 11.6 Å². The van der Waals surface area contributed by atoms with Crippen LogP contribution in [0.15, 0.2) is 18.2 Å². The molecule has 0 saturated heterocycles. The van der Waals surface area contributed by atoms with Crippen LogP contribution in [0, 0.1) is 0 Å². The van der Waals surface area contributed by atoms with Crippen LogP contribution in [-0.2, 0) is 4.79 Å². The molecule has 0 aliphatic heterocycles. The molecule has 0 aliphatic rings. The monoisotopic (exact) mass is 223 g/mol. The second-order valence-electron chi connectivity index (χ2n) is 2.49. The molecule has 4 nitrogen and oxygen atoms in total. The van der Waals surface area contributed by atoms with Gasteiger partial charge in [0.2, 0.25) is 0 Å². The Bertz CT molecular complexity index is 345. The Balaban J connectivity index is 0.00000169. The van der Waals surface area contributed by atoms with E-state index >= 15 is 0 Å². The number of aliphatic hydroxyl groups excluding tert-OH is 1. The summed E-state index contributed by atoms with van der Waals surface area (Å²) in [6.45, 7) is 0. The van der Waals surface area contributed by atoms with Crippen molar-refractivity contribution >= 4 is 23.3 Å². The first kappa shape index (κ1) is 13.7. The molecule has 0 saturated carbocycles. The number of aliphatic hydroxyl groups is 1. The van der Waals surface area contributed by atoms with Gasteiger partial charge in [0.05, 0.1) is 5.97 Å². The minimum absolute atomic E-state index is 0. The summed E-state index contributed by atoms with van der Waals surface area (Å²) >= 11 is 5.59. The van der Waals surface area contributed by atoms with E-state index in [2.05, 4.69) is 0 Å². The number of carboxylic acid groups (broad SMARTS) is 1. The quantitative estimate of drug-likeness (QED) is 0.407. The molecule has 0 aromatic heterocycles. The second-order valence-corrected chi connectivity index (χ2v) is 2.93. The number of hydrogen-bond acceptors (Lipinski definition) is 4.